The van der Waals surface area contributed by atoms with Crippen LogP contribution in [0.15, 0.2) is 71.5 Å². The monoisotopic (exact) mass is 437 g/mol. The number of aromatic nitrogens is 2. The number of carbonyl (C=O) groups excluding carboxylic acids is 1. The van der Waals surface area contributed by atoms with E-state index in [9.17, 15) is 9.59 Å². The second-order valence-electron chi connectivity index (χ2n) is 8.83. The molecule has 0 N–H and O–H groups in total. The smallest absolute Gasteiger partial charge is 0.265 e. The molecule has 4 aromatic rings. The number of fused-ring (bicyclic) bond motifs is 2. The largest absolute Gasteiger partial charge is 0.312 e. The van der Waals surface area contributed by atoms with Gasteiger partial charge in [0.05, 0.1) is 22.5 Å². The van der Waals surface area contributed by atoms with Crippen LogP contribution in [-0.2, 0) is 11.2 Å². The molecular weight excluding hydrogens is 410 g/mol. The van der Waals surface area contributed by atoms with Crippen LogP contribution in [0.5, 0.6) is 0 Å². The summed E-state index contributed by atoms with van der Waals surface area (Å²) in [5.41, 5.74) is 5.49. The van der Waals surface area contributed by atoms with Gasteiger partial charge in [0.15, 0.2) is 0 Å². The number of para-hydroxylation sites is 1. The van der Waals surface area contributed by atoms with Crippen LogP contribution in [-0.4, -0.2) is 22.0 Å². The topological polar surface area (TPSA) is 55.2 Å². The van der Waals surface area contributed by atoms with Crippen LogP contribution < -0.4 is 10.5 Å². The van der Waals surface area contributed by atoms with Crippen molar-refractivity contribution in [3.63, 3.8) is 0 Å². The first-order valence-corrected chi connectivity index (χ1v) is 11.5. The zero-order chi connectivity index (χ0) is 23.1. The van der Waals surface area contributed by atoms with Gasteiger partial charge >= 0.3 is 0 Å². The van der Waals surface area contributed by atoms with Gasteiger partial charge in [-0.1, -0.05) is 48.9 Å². The van der Waals surface area contributed by atoms with E-state index in [0.717, 1.165) is 34.5 Å². The first-order valence-electron chi connectivity index (χ1n) is 11.5. The minimum atomic E-state index is -0.365. The molecule has 2 heterocycles. The second-order valence-corrected chi connectivity index (χ2v) is 8.83. The van der Waals surface area contributed by atoms with Gasteiger partial charge in [-0.3, -0.25) is 14.2 Å². The molecule has 1 aromatic heterocycles. The first kappa shape index (κ1) is 21.1. The van der Waals surface area contributed by atoms with Crippen LogP contribution in [0.4, 0.5) is 5.69 Å². The van der Waals surface area contributed by atoms with Gasteiger partial charge in [-0.15, -0.1) is 0 Å². The Morgan fingerprint density at radius 3 is 2.48 bits per heavy atom. The standard InChI is InChI=1S/C28H27N3O2/c1-4-14-30-25-13-12-19(3)16-22(25)23(27(30)32)17-26-29-24-11-6-5-10-21(24)28(33)31(26)20-9-7-8-18(2)15-20/h5-13,15-16,23H,4,14,17H2,1-3H3. The summed E-state index contributed by atoms with van der Waals surface area (Å²) < 4.78 is 1.68. The summed E-state index contributed by atoms with van der Waals surface area (Å²) in [6, 6.07) is 21.5. The number of hydrogen-bond acceptors (Lipinski definition) is 3. The van der Waals surface area contributed by atoms with E-state index < -0.39 is 0 Å². The van der Waals surface area contributed by atoms with Gasteiger partial charge < -0.3 is 4.90 Å². The molecule has 1 amide bonds. The van der Waals surface area contributed by atoms with E-state index in [1.807, 2.05) is 79.4 Å². The number of nitrogens with zero attached hydrogens (tertiary/aromatic N) is 3. The van der Waals surface area contributed by atoms with E-state index in [1.165, 1.54) is 0 Å². The number of amides is 1. The van der Waals surface area contributed by atoms with Gasteiger partial charge in [0.25, 0.3) is 5.56 Å². The van der Waals surface area contributed by atoms with Crippen LogP contribution in [0.1, 0.15) is 41.8 Å². The zero-order valence-corrected chi connectivity index (χ0v) is 19.2. The number of rotatable bonds is 5. The Morgan fingerprint density at radius 2 is 1.70 bits per heavy atom. The molecule has 3 aromatic carbocycles. The Hall–Kier alpha value is -3.73. The average molecular weight is 438 g/mol. The highest BCUT2D eigenvalue weighted by Crippen LogP contribution is 2.39. The maximum atomic E-state index is 13.6. The predicted molar refractivity (Wildman–Crippen MR) is 132 cm³/mol. The molecule has 0 bridgehead atoms. The number of aryl methyl sites for hydroxylation is 2. The van der Waals surface area contributed by atoms with Crippen molar-refractivity contribution in [2.24, 2.45) is 0 Å². The zero-order valence-electron chi connectivity index (χ0n) is 19.2. The molecule has 5 nitrogen and oxygen atoms in total. The molecule has 1 aliphatic heterocycles. The van der Waals surface area contributed by atoms with Crippen LogP contribution >= 0.6 is 0 Å². The van der Waals surface area contributed by atoms with Crippen LogP contribution in [0.3, 0.4) is 0 Å². The van der Waals surface area contributed by atoms with Crippen molar-refractivity contribution in [2.45, 2.75) is 39.5 Å². The predicted octanol–water partition coefficient (Wildman–Crippen LogP) is 5.09. The number of hydrogen-bond donors (Lipinski definition) is 0. The highest BCUT2D eigenvalue weighted by Gasteiger charge is 2.37. The average Bonchev–Trinajstić information content (AvgIpc) is 3.05. The summed E-state index contributed by atoms with van der Waals surface area (Å²) in [6.07, 6.45) is 1.25. The van der Waals surface area contributed by atoms with Crippen LogP contribution in [0.2, 0.25) is 0 Å². The lowest BCUT2D eigenvalue weighted by Crippen LogP contribution is -2.31. The van der Waals surface area contributed by atoms with Crippen molar-refractivity contribution in [3.05, 3.63) is 99.6 Å². The third-order valence-corrected chi connectivity index (χ3v) is 6.35. The summed E-state index contributed by atoms with van der Waals surface area (Å²) in [6.45, 7) is 6.81. The van der Waals surface area contributed by atoms with Crippen LogP contribution in [0.25, 0.3) is 16.6 Å². The Balaban J connectivity index is 1.70. The first-order chi connectivity index (χ1) is 16.0. The van der Waals surface area contributed by atoms with E-state index in [1.54, 1.807) is 4.57 Å². The maximum absolute atomic E-state index is 13.6. The van der Waals surface area contributed by atoms with Crippen molar-refractivity contribution in [1.29, 1.82) is 0 Å². The normalized spacial score (nSPS) is 15.3. The van der Waals surface area contributed by atoms with Gasteiger partial charge in [-0.05, 0) is 61.7 Å². The minimum Gasteiger partial charge on any atom is -0.312 e. The molecule has 0 aliphatic carbocycles. The highest BCUT2D eigenvalue weighted by atomic mass is 16.2. The molecule has 1 atom stereocenters. The minimum absolute atomic E-state index is 0.0793. The lowest BCUT2D eigenvalue weighted by molar-refractivity contribution is -0.119. The molecule has 5 heteroatoms. The quantitative estimate of drug-likeness (QED) is 0.437. The molecule has 1 aliphatic rings. The molecule has 5 rings (SSSR count). The third kappa shape index (κ3) is 3.63. The lowest BCUT2D eigenvalue weighted by Gasteiger charge is -2.18. The molecule has 0 saturated carbocycles. The molecule has 0 saturated heterocycles. The summed E-state index contributed by atoms with van der Waals surface area (Å²) >= 11 is 0. The third-order valence-electron chi connectivity index (χ3n) is 6.35. The van der Waals surface area contributed by atoms with Crippen molar-refractivity contribution >= 4 is 22.5 Å². The Bertz CT molecular complexity index is 1440. The van der Waals surface area contributed by atoms with Gasteiger partial charge in [0.2, 0.25) is 5.91 Å². The van der Waals surface area contributed by atoms with Crippen LogP contribution in [0, 0.1) is 13.8 Å². The molecular formula is C28H27N3O2. The van der Waals surface area contributed by atoms with Crippen molar-refractivity contribution in [1.82, 2.24) is 9.55 Å². The number of benzene rings is 3. The lowest BCUT2D eigenvalue weighted by atomic mass is 9.95. The maximum Gasteiger partial charge on any atom is 0.265 e. The fourth-order valence-electron chi connectivity index (χ4n) is 4.82. The second kappa shape index (κ2) is 8.32. The molecule has 0 spiro atoms. The van der Waals surface area contributed by atoms with E-state index in [-0.39, 0.29) is 17.4 Å². The Labute approximate surface area is 193 Å². The Morgan fingerprint density at radius 1 is 0.909 bits per heavy atom. The van der Waals surface area contributed by atoms with Gasteiger partial charge in [-0.2, -0.15) is 0 Å². The molecule has 1 unspecified atom stereocenters. The molecule has 166 valence electrons. The van der Waals surface area contributed by atoms with E-state index in [2.05, 4.69) is 13.0 Å². The molecule has 0 fully saturated rings. The van der Waals surface area contributed by atoms with Gasteiger partial charge in [0.1, 0.15) is 5.82 Å². The fourth-order valence-corrected chi connectivity index (χ4v) is 4.82. The summed E-state index contributed by atoms with van der Waals surface area (Å²) in [7, 11) is 0. The van der Waals surface area contributed by atoms with E-state index in [4.69, 9.17) is 4.98 Å². The summed E-state index contributed by atoms with van der Waals surface area (Å²) in [5, 5.41) is 0.573. The van der Waals surface area contributed by atoms with Crippen molar-refractivity contribution in [2.75, 3.05) is 11.4 Å². The van der Waals surface area contributed by atoms with Gasteiger partial charge in [-0.25, -0.2) is 4.98 Å². The SMILES string of the molecule is CCCN1C(=O)C(Cc2nc3ccccc3c(=O)n2-c2cccc(C)c2)c2cc(C)ccc21. The van der Waals surface area contributed by atoms with Crippen molar-refractivity contribution < 1.29 is 4.79 Å². The van der Waals surface area contributed by atoms with E-state index >= 15 is 0 Å². The van der Waals surface area contributed by atoms with E-state index in [0.29, 0.717) is 29.7 Å². The number of anilines is 1. The summed E-state index contributed by atoms with van der Waals surface area (Å²) in [5.74, 6) is 0.319. The Kier molecular flexibility index (Phi) is 5.33. The van der Waals surface area contributed by atoms with Gasteiger partial charge in [0, 0.05) is 18.7 Å². The number of carbonyl (C=O) groups is 1. The fraction of sp³-hybridized carbons (Fsp3) is 0.250. The molecule has 0 radical (unpaired) electrons. The highest BCUT2D eigenvalue weighted by molar-refractivity contribution is 6.05. The summed E-state index contributed by atoms with van der Waals surface area (Å²) in [4.78, 5) is 33.9. The van der Waals surface area contributed by atoms with Crippen molar-refractivity contribution in [3.8, 4) is 5.69 Å². The molecule has 33 heavy (non-hydrogen) atoms.